The molecule has 16 aromatic rings. The van der Waals surface area contributed by atoms with E-state index in [1.54, 1.807) is 34.9 Å². The van der Waals surface area contributed by atoms with Crippen LogP contribution >= 0.6 is 0 Å². The van der Waals surface area contributed by atoms with Gasteiger partial charge in [-0.15, -0.1) is 20.4 Å². The third-order valence-electron chi connectivity index (χ3n) is 22.8. The van der Waals surface area contributed by atoms with Gasteiger partial charge in [0.2, 0.25) is 35.3 Å². The van der Waals surface area contributed by atoms with Crippen LogP contribution in [0.25, 0.3) is 23.5 Å². The van der Waals surface area contributed by atoms with Crippen molar-refractivity contribution in [3.05, 3.63) is 385 Å². The highest BCUT2D eigenvalue weighted by Gasteiger charge is 2.36. The second-order valence-corrected chi connectivity index (χ2v) is 33.7. The molecule has 770 valence electrons. The van der Waals surface area contributed by atoms with Crippen LogP contribution in [-0.2, 0) is 66.8 Å². The molecule has 1 aliphatic rings. The molecule has 0 radical (unpaired) electrons. The molecule has 0 aliphatic heterocycles. The molecular formula is C111H111F9N16O12. The fraction of sp³-hybridized carbons (Fsp3) is 0.261. The van der Waals surface area contributed by atoms with Crippen molar-refractivity contribution >= 4 is 35.1 Å². The number of aromatic nitrogens is 14. The summed E-state index contributed by atoms with van der Waals surface area (Å²) in [6.07, 6.45) is 2.00. The van der Waals surface area contributed by atoms with Gasteiger partial charge in [0.25, 0.3) is 11.9 Å². The molecule has 0 bridgehead atoms. The predicted octanol–water partition coefficient (Wildman–Crippen LogP) is 24.1. The molecule has 148 heavy (non-hydrogen) atoms. The largest absolute Gasteiger partial charge is 0.489 e. The molecular weight excluding hydrogens is 1920 g/mol. The molecule has 4 N–H and O–H groups in total. The number of benzene rings is 8. The number of aryl methyl sites for hydroxylation is 3. The van der Waals surface area contributed by atoms with Crippen molar-refractivity contribution in [1.29, 1.82) is 0 Å². The van der Waals surface area contributed by atoms with E-state index in [2.05, 4.69) is 111 Å². The Kier molecular flexibility index (Phi) is 38.3. The Morgan fingerprint density at radius 2 is 0.777 bits per heavy atom. The first-order valence-electron chi connectivity index (χ1n) is 47.5. The van der Waals surface area contributed by atoms with Crippen LogP contribution < -0.4 is 39.1 Å². The van der Waals surface area contributed by atoms with E-state index in [9.17, 15) is 68.9 Å². The molecule has 8 aromatic carbocycles. The summed E-state index contributed by atoms with van der Waals surface area (Å²) in [6.45, 7) is 24.7. The van der Waals surface area contributed by atoms with Gasteiger partial charge in [-0.05, 0) is 212 Å². The number of carboxylic acids is 2. The number of aromatic carboxylic acids is 2. The van der Waals surface area contributed by atoms with Gasteiger partial charge in [-0.25, -0.2) is 48.9 Å². The van der Waals surface area contributed by atoms with Crippen molar-refractivity contribution in [3.63, 3.8) is 0 Å². The molecule has 0 spiro atoms. The number of carbonyl (C=O) groups excluding carboxylic acids is 2. The van der Waals surface area contributed by atoms with Crippen molar-refractivity contribution in [2.45, 2.75) is 160 Å². The zero-order chi connectivity index (χ0) is 106. The smallest absolute Gasteiger partial charge is 0.417 e. The lowest BCUT2D eigenvalue weighted by Crippen LogP contribution is -2.16. The summed E-state index contributed by atoms with van der Waals surface area (Å²) in [6, 6.07) is 65.0. The number of alkyl halides is 9. The van der Waals surface area contributed by atoms with Gasteiger partial charge in [0.1, 0.15) is 23.9 Å². The van der Waals surface area contributed by atoms with E-state index >= 15 is 0 Å². The van der Waals surface area contributed by atoms with Gasteiger partial charge < -0.3 is 49.3 Å². The first kappa shape index (κ1) is 110. The number of ether oxygens (including phenoxy) is 6. The molecule has 0 saturated heterocycles. The van der Waals surface area contributed by atoms with E-state index in [0.29, 0.717) is 79.6 Å². The molecule has 8 aromatic heterocycles. The number of hydrogen-bond donors (Lipinski definition) is 4. The molecule has 1 saturated carbocycles. The third kappa shape index (κ3) is 30.4. The Labute approximate surface area is 849 Å². The van der Waals surface area contributed by atoms with Crippen molar-refractivity contribution in [3.8, 4) is 64.3 Å². The highest BCUT2D eigenvalue weighted by atomic mass is 19.4. The minimum atomic E-state index is -4.52. The number of rotatable bonds is 32. The molecule has 1 aliphatic carbocycles. The number of nitrogens with zero attached hydrogens (tertiary/aromatic N) is 14. The van der Waals surface area contributed by atoms with E-state index in [0.717, 1.165) is 143 Å². The summed E-state index contributed by atoms with van der Waals surface area (Å²) in [5.74, 6) is 1.49. The maximum absolute atomic E-state index is 13.0. The normalized spacial score (nSPS) is 11.5. The number of carboxylic acid groups (broad SMARTS) is 2. The zero-order valence-electron chi connectivity index (χ0n) is 83.3. The predicted molar refractivity (Wildman–Crippen MR) is 540 cm³/mol. The number of amides is 2. The lowest BCUT2D eigenvalue weighted by atomic mass is 10.1. The van der Waals surface area contributed by atoms with Gasteiger partial charge in [-0.2, -0.15) is 48.9 Å². The van der Waals surface area contributed by atoms with E-state index in [-0.39, 0.29) is 76.1 Å². The van der Waals surface area contributed by atoms with E-state index in [4.69, 9.17) is 28.4 Å². The monoisotopic (exact) mass is 2030 g/mol. The minimum absolute atomic E-state index is 0.0376. The summed E-state index contributed by atoms with van der Waals surface area (Å²) in [4.78, 5) is 72.0. The van der Waals surface area contributed by atoms with Crippen LogP contribution in [0.15, 0.2) is 268 Å². The summed E-state index contributed by atoms with van der Waals surface area (Å²) in [5.41, 5.74) is 12.5. The maximum Gasteiger partial charge on any atom is 0.417 e. The highest BCUT2D eigenvalue weighted by molar-refractivity contribution is 6.02. The van der Waals surface area contributed by atoms with E-state index < -0.39 is 47.2 Å². The molecule has 8 heterocycles. The van der Waals surface area contributed by atoms with Crippen LogP contribution in [0, 0.1) is 47.5 Å². The summed E-state index contributed by atoms with van der Waals surface area (Å²) < 4.78 is 156. The topological polar surface area (TPSA) is 337 Å². The van der Waals surface area contributed by atoms with Gasteiger partial charge >= 0.3 is 30.5 Å². The van der Waals surface area contributed by atoms with Crippen LogP contribution in [-0.4, -0.2) is 129 Å². The second kappa shape index (κ2) is 51.6. The first-order chi connectivity index (χ1) is 70.9. The number of carbonyl (C=O) groups is 4. The Morgan fingerprint density at radius 1 is 0.372 bits per heavy atom. The fourth-order valence-electron chi connectivity index (χ4n) is 15.0. The van der Waals surface area contributed by atoms with Crippen molar-refractivity contribution < 1.29 is 97.3 Å². The number of halogens is 9. The van der Waals surface area contributed by atoms with E-state index in [1.165, 1.54) is 89.0 Å². The van der Waals surface area contributed by atoms with Gasteiger partial charge in [0.15, 0.2) is 11.6 Å². The Balaban J connectivity index is 0.000000158. The summed E-state index contributed by atoms with van der Waals surface area (Å²) in [5, 5.41) is 41.8. The lowest BCUT2D eigenvalue weighted by molar-refractivity contribution is -0.139. The van der Waals surface area contributed by atoms with Crippen LogP contribution in [0.1, 0.15) is 188 Å². The Bertz CT molecular complexity index is 7100. The number of pyridine rings is 2. The lowest BCUT2D eigenvalue weighted by Gasteiger charge is -2.14. The molecule has 0 unspecified atom stereocenters. The molecule has 1 fully saturated rings. The molecule has 0 atom stereocenters. The number of nitrogens with one attached hydrogen (secondary N) is 2. The van der Waals surface area contributed by atoms with Crippen LogP contribution in [0.3, 0.4) is 0 Å². The van der Waals surface area contributed by atoms with Gasteiger partial charge in [0.05, 0.1) is 88.4 Å². The Morgan fingerprint density at radius 3 is 1.18 bits per heavy atom. The maximum atomic E-state index is 13.0. The quantitative estimate of drug-likeness (QED) is 0.0285. The summed E-state index contributed by atoms with van der Waals surface area (Å²) in [7, 11) is 0. The third-order valence-corrected chi connectivity index (χ3v) is 22.8. The van der Waals surface area contributed by atoms with Gasteiger partial charge in [-0.3, -0.25) is 9.59 Å². The average Bonchev–Trinajstić information content (AvgIpc) is 1.66. The molecule has 2 amide bonds. The second-order valence-electron chi connectivity index (χ2n) is 33.7. The molecule has 28 nitrogen and oxygen atoms in total. The van der Waals surface area contributed by atoms with Crippen molar-refractivity contribution in [2.24, 2.45) is 5.92 Å². The molecule has 37 heteroatoms. The highest BCUT2D eigenvalue weighted by Crippen LogP contribution is 2.40. The Hall–Kier alpha value is -16.9. The van der Waals surface area contributed by atoms with Crippen molar-refractivity contribution in [1.82, 2.24) is 69.0 Å². The SMILES string of the molecule is CCC(=O)Nc1ccc(Oc2cc(C)cc(C(F)(F)F)c2)cc1C(=O)O.CCOc1nn(-c2ccc(C(F)(F)F)cn2)c(C)c1Cc1ccccc1.CCOc1nn(-c2ccccn2)c(C)c1Cc1ccccc1.CCOc1nn(-c2ncc(C)cn2)c(C)c1Cc1ccccc1.CCOc1nn(-c2ncc(CC)cn2)c(C)c1Cc1ccccc1.O=C(O)c1cc(OCc2ccccc2C(F)(F)F)ccc1NC(=O)C1CC1. The standard InChI is InChI=1S/C19H18F3N3O.C19H16F3NO4.C19H22N4O.C18H16F3NO4.C18H20N4O.C18H19N3O/c1-3-26-18-16(11-14-7-5-4-6-8-14)13(2)25(24-18)17-10-9-15(12-23-17)19(20,21)22;20-19(21,22)15-4-2-1-3-12(15)10-27-13-7-8-16(14(9-13)18(25)26)23-17(24)11-5-6-11;1-4-15-12-20-19(21-13-15)23-14(3)17(18(22-23)24-5-2)11-16-9-7-6-8-10-16;1-3-16(23)22-15-5-4-12(9-14(15)17(24)25)26-13-7-10(2)6-11(8-13)18(19,20)21;1-4-23-17-16(10-15-8-6-5-7-9-15)14(3)22(21-17)18-19-11-13(2)12-20-18;1-3-22-18-16(13-15-9-5-4-6-10-15)14(2)21(20-18)17-11-7-8-12-19-17/h4-10,12H,3,11H2,1-2H3;1-4,7-9,11H,5-6,10H2,(H,23,24)(H,25,26);6-10,12-13H,4-5,11H2,1-3H3;4-9H,3H2,1-2H3,(H,22,23)(H,24,25);5-9,11-12H,4,10H2,1-3H3;4-12H,3,13H2,1-2H3. The minimum Gasteiger partial charge on any atom is -0.489 e. The van der Waals surface area contributed by atoms with Crippen LogP contribution in [0.4, 0.5) is 50.9 Å². The average molecular weight is 2030 g/mol. The zero-order valence-corrected chi connectivity index (χ0v) is 83.3. The number of hydrogen-bond acceptors (Lipinski definition) is 20. The van der Waals surface area contributed by atoms with Crippen molar-refractivity contribution in [2.75, 3.05) is 37.1 Å². The first-order valence-corrected chi connectivity index (χ1v) is 47.5. The molecule has 17 rings (SSSR count). The van der Waals surface area contributed by atoms with Crippen LogP contribution in [0.2, 0.25) is 0 Å². The fourth-order valence-corrected chi connectivity index (χ4v) is 15.0. The van der Waals surface area contributed by atoms with E-state index in [1.807, 2.05) is 176 Å². The van der Waals surface area contributed by atoms with Gasteiger partial charge in [-0.1, -0.05) is 159 Å². The van der Waals surface area contributed by atoms with Crippen LogP contribution in [0.5, 0.6) is 40.8 Å². The van der Waals surface area contributed by atoms with Gasteiger partial charge in [0, 0.05) is 103 Å². The number of anilines is 2. The summed E-state index contributed by atoms with van der Waals surface area (Å²) >= 11 is 0.